The molecule has 2 aromatic carbocycles. The van der Waals surface area contributed by atoms with Crippen molar-refractivity contribution < 1.29 is 9.59 Å². The Morgan fingerprint density at radius 3 is 2.41 bits per heavy atom. The van der Waals surface area contributed by atoms with Gasteiger partial charge < -0.3 is 10.2 Å². The lowest BCUT2D eigenvalue weighted by atomic mass is 10.0. The average Bonchev–Trinajstić information content (AvgIpc) is 3.27. The van der Waals surface area contributed by atoms with Gasteiger partial charge in [0.05, 0.1) is 0 Å². The third-order valence-corrected chi connectivity index (χ3v) is 6.78. The molecule has 6 heteroatoms. The predicted octanol–water partition coefficient (Wildman–Crippen LogP) is 6.10. The maximum Gasteiger partial charge on any atom is 0.243 e. The molecule has 0 radical (unpaired) electrons. The van der Waals surface area contributed by atoms with Gasteiger partial charge in [0.2, 0.25) is 11.8 Å². The number of hydrogen-bond acceptors (Lipinski definition) is 2. The Bertz CT molecular complexity index is 924. The fourth-order valence-electron chi connectivity index (χ4n) is 4.27. The third kappa shape index (κ3) is 6.73. The van der Waals surface area contributed by atoms with Crippen LogP contribution in [0.5, 0.6) is 0 Å². The summed E-state index contributed by atoms with van der Waals surface area (Å²) in [7, 11) is 0. The van der Waals surface area contributed by atoms with Gasteiger partial charge in [-0.2, -0.15) is 0 Å². The molecule has 3 rings (SSSR count). The molecule has 0 aliphatic heterocycles. The van der Waals surface area contributed by atoms with Crippen molar-refractivity contribution in [3.8, 4) is 0 Å². The van der Waals surface area contributed by atoms with Crippen LogP contribution in [0.1, 0.15) is 62.1 Å². The zero-order valence-corrected chi connectivity index (χ0v) is 20.4. The van der Waals surface area contributed by atoms with E-state index in [0.29, 0.717) is 29.3 Å². The average molecular weight is 475 g/mol. The summed E-state index contributed by atoms with van der Waals surface area (Å²) in [6.07, 6.45) is 5.80. The van der Waals surface area contributed by atoms with Crippen LogP contribution in [0.15, 0.2) is 42.5 Å². The predicted molar refractivity (Wildman–Crippen MR) is 131 cm³/mol. The Labute approximate surface area is 201 Å². The lowest BCUT2D eigenvalue weighted by Crippen LogP contribution is -2.51. The van der Waals surface area contributed by atoms with Gasteiger partial charge in [0, 0.05) is 29.1 Å². The lowest BCUT2D eigenvalue weighted by molar-refractivity contribution is -0.141. The number of aryl methyl sites for hydroxylation is 2. The van der Waals surface area contributed by atoms with Gasteiger partial charge in [-0.25, -0.2) is 0 Å². The van der Waals surface area contributed by atoms with Gasteiger partial charge in [-0.05, 0) is 55.9 Å². The quantitative estimate of drug-likeness (QED) is 0.477. The van der Waals surface area contributed by atoms with Gasteiger partial charge in [-0.15, -0.1) is 0 Å². The van der Waals surface area contributed by atoms with Crippen LogP contribution in [0.4, 0.5) is 0 Å². The maximum absolute atomic E-state index is 13.4. The fourth-order valence-corrected chi connectivity index (χ4v) is 4.74. The molecule has 0 spiro atoms. The number of nitrogens with one attached hydrogen (secondary N) is 1. The molecule has 2 amide bonds. The number of benzene rings is 2. The Kier molecular flexibility index (Phi) is 9.01. The van der Waals surface area contributed by atoms with E-state index >= 15 is 0 Å². The summed E-state index contributed by atoms with van der Waals surface area (Å²) in [4.78, 5) is 28.2. The molecule has 0 saturated heterocycles. The van der Waals surface area contributed by atoms with E-state index < -0.39 is 6.04 Å². The van der Waals surface area contributed by atoms with E-state index in [0.717, 1.165) is 36.8 Å². The Morgan fingerprint density at radius 1 is 1.09 bits per heavy atom. The summed E-state index contributed by atoms with van der Waals surface area (Å²) in [5, 5.41) is 4.21. The van der Waals surface area contributed by atoms with Crippen LogP contribution in [-0.2, 0) is 22.6 Å². The topological polar surface area (TPSA) is 49.4 Å². The van der Waals surface area contributed by atoms with Gasteiger partial charge in [0.15, 0.2) is 0 Å². The monoisotopic (exact) mass is 474 g/mol. The molecule has 1 fully saturated rings. The van der Waals surface area contributed by atoms with Crippen molar-refractivity contribution in [1.82, 2.24) is 10.2 Å². The molecule has 1 atom stereocenters. The number of carbonyl (C=O) groups is 2. The third-order valence-electron chi connectivity index (χ3n) is 6.19. The van der Waals surface area contributed by atoms with Gasteiger partial charge in [-0.1, -0.05) is 78.9 Å². The molecule has 1 aliphatic carbocycles. The summed E-state index contributed by atoms with van der Waals surface area (Å²) in [5.41, 5.74) is 3.08. The molecule has 4 nitrogen and oxygen atoms in total. The summed E-state index contributed by atoms with van der Waals surface area (Å²) >= 11 is 12.5. The number of carbonyl (C=O) groups excluding carboxylic acids is 2. The molecule has 1 aliphatic rings. The van der Waals surface area contributed by atoms with Gasteiger partial charge in [-0.3, -0.25) is 9.59 Å². The first-order valence-corrected chi connectivity index (χ1v) is 12.2. The molecular formula is C26H32Cl2N2O2. The van der Waals surface area contributed by atoms with Crippen LogP contribution in [0.2, 0.25) is 10.0 Å². The molecular weight excluding hydrogens is 443 g/mol. The van der Waals surface area contributed by atoms with Gasteiger partial charge in [0.1, 0.15) is 6.04 Å². The summed E-state index contributed by atoms with van der Waals surface area (Å²) in [6, 6.07) is 13.1. The lowest BCUT2D eigenvalue weighted by Gasteiger charge is -2.32. The molecule has 0 bridgehead atoms. The molecule has 1 saturated carbocycles. The van der Waals surface area contributed by atoms with Crippen molar-refractivity contribution in [2.45, 2.75) is 77.4 Å². The van der Waals surface area contributed by atoms with Crippen LogP contribution in [-0.4, -0.2) is 28.8 Å². The fraction of sp³-hybridized carbons (Fsp3) is 0.462. The maximum atomic E-state index is 13.4. The minimum atomic E-state index is -0.534. The second-order valence-corrected chi connectivity index (χ2v) is 9.50. The summed E-state index contributed by atoms with van der Waals surface area (Å²) < 4.78 is 0. The van der Waals surface area contributed by atoms with Crippen LogP contribution < -0.4 is 5.32 Å². The molecule has 1 unspecified atom stereocenters. The molecule has 1 N–H and O–H groups in total. The number of nitrogens with zero attached hydrogens (tertiary/aromatic N) is 1. The minimum absolute atomic E-state index is 0.0509. The normalized spacial score (nSPS) is 14.9. The molecule has 32 heavy (non-hydrogen) atoms. The first kappa shape index (κ1) is 24.6. The SMILES string of the molecule is CCC(C(=O)NC1CCCC1)N(Cc1ccc(Cl)cc1Cl)C(=O)CCc1ccc(C)cc1. The van der Waals surface area contributed by atoms with Crippen LogP contribution >= 0.6 is 23.2 Å². The number of halogens is 2. The van der Waals surface area contributed by atoms with Crippen LogP contribution in [0, 0.1) is 6.92 Å². The van der Waals surface area contributed by atoms with Crippen LogP contribution in [0.3, 0.4) is 0 Å². The highest BCUT2D eigenvalue weighted by atomic mass is 35.5. The van der Waals surface area contributed by atoms with E-state index in [1.54, 1.807) is 17.0 Å². The van der Waals surface area contributed by atoms with Crippen molar-refractivity contribution >= 4 is 35.0 Å². The number of amides is 2. The second kappa shape index (κ2) is 11.7. The van der Waals surface area contributed by atoms with Crippen molar-refractivity contribution in [3.05, 3.63) is 69.2 Å². The highest BCUT2D eigenvalue weighted by molar-refractivity contribution is 6.35. The number of hydrogen-bond donors (Lipinski definition) is 1. The van der Waals surface area contributed by atoms with Crippen molar-refractivity contribution in [3.63, 3.8) is 0 Å². The van der Waals surface area contributed by atoms with Crippen molar-refractivity contribution in [2.24, 2.45) is 0 Å². The van der Waals surface area contributed by atoms with Gasteiger partial charge >= 0.3 is 0 Å². The largest absolute Gasteiger partial charge is 0.352 e. The molecule has 172 valence electrons. The van der Waals surface area contributed by atoms with E-state index in [4.69, 9.17) is 23.2 Å². The van der Waals surface area contributed by atoms with E-state index in [9.17, 15) is 9.59 Å². The van der Waals surface area contributed by atoms with Crippen LogP contribution in [0.25, 0.3) is 0 Å². The molecule has 2 aromatic rings. The van der Waals surface area contributed by atoms with E-state index in [-0.39, 0.29) is 24.4 Å². The Hall–Kier alpha value is -2.04. The van der Waals surface area contributed by atoms with Crippen molar-refractivity contribution in [2.75, 3.05) is 0 Å². The van der Waals surface area contributed by atoms with Gasteiger partial charge in [0.25, 0.3) is 0 Å². The second-order valence-electron chi connectivity index (χ2n) is 8.66. The van der Waals surface area contributed by atoms with Crippen molar-refractivity contribution in [1.29, 1.82) is 0 Å². The highest BCUT2D eigenvalue weighted by Gasteiger charge is 2.30. The van der Waals surface area contributed by atoms with E-state index in [2.05, 4.69) is 17.4 Å². The molecule has 0 heterocycles. The summed E-state index contributed by atoms with van der Waals surface area (Å²) in [6.45, 7) is 4.27. The molecule has 0 aromatic heterocycles. The first-order valence-electron chi connectivity index (χ1n) is 11.5. The highest BCUT2D eigenvalue weighted by Crippen LogP contribution is 2.25. The zero-order valence-electron chi connectivity index (χ0n) is 18.9. The van der Waals surface area contributed by atoms with E-state index in [1.807, 2.05) is 32.0 Å². The standard InChI is InChI=1S/C26H32Cl2N2O2/c1-3-24(26(32)29-22-6-4-5-7-22)30(17-20-13-14-21(27)16-23(20)28)25(31)15-12-19-10-8-18(2)9-11-19/h8-11,13-14,16,22,24H,3-7,12,15,17H2,1-2H3,(H,29,32). The Morgan fingerprint density at radius 2 is 1.78 bits per heavy atom. The summed E-state index contributed by atoms with van der Waals surface area (Å²) in [5.74, 6) is -0.127. The van der Waals surface area contributed by atoms with E-state index in [1.165, 1.54) is 5.56 Å². The zero-order chi connectivity index (χ0) is 23.1. The Balaban J connectivity index is 1.78. The minimum Gasteiger partial charge on any atom is -0.352 e. The first-order chi connectivity index (χ1) is 15.4. The number of rotatable bonds is 9. The smallest absolute Gasteiger partial charge is 0.243 e.